The molecule has 0 unspecified atom stereocenters. The van der Waals surface area contributed by atoms with Gasteiger partial charge in [-0.05, 0) is 25.1 Å². The summed E-state index contributed by atoms with van der Waals surface area (Å²) >= 11 is 0. The fraction of sp³-hybridized carbons (Fsp3) is 0.286. The molecule has 0 saturated heterocycles. The van der Waals surface area contributed by atoms with E-state index in [1.54, 1.807) is 0 Å². The van der Waals surface area contributed by atoms with Crippen molar-refractivity contribution in [2.75, 3.05) is 6.54 Å². The Morgan fingerprint density at radius 3 is 3.05 bits per heavy atom. The maximum Gasteiger partial charge on any atom is 0.137 e. The number of nitrogens with zero attached hydrogens (tertiary/aromatic N) is 2. The van der Waals surface area contributed by atoms with Gasteiger partial charge in [0, 0.05) is 11.8 Å². The molecule has 5 heteroatoms. The molecule has 0 bridgehead atoms. The van der Waals surface area contributed by atoms with Gasteiger partial charge in [0.25, 0.3) is 0 Å². The minimum Gasteiger partial charge on any atom is -0.460 e. The average molecular weight is 256 g/mol. The largest absolute Gasteiger partial charge is 0.460 e. The van der Waals surface area contributed by atoms with E-state index >= 15 is 0 Å². The molecule has 0 spiro atoms. The summed E-state index contributed by atoms with van der Waals surface area (Å²) in [4.78, 5) is 4.09. The van der Waals surface area contributed by atoms with Crippen molar-refractivity contribution in [1.82, 2.24) is 20.5 Å². The van der Waals surface area contributed by atoms with E-state index in [2.05, 4.69) is 32.6 Å². The maximum atomic E-state index is 5.73. The number of aryl methyl sites for hydroxylation is 1. The summed E-state index contributed by atoms with van der Waals surface area (Å²) in [5.41, 5.74) is 0.945. The average Bonchev–Trinajstić information content (AvgIpc) is 3.06. The smallest absolute Gasteiger partial charge is 0.137 e. The van der Waals surface area contributed by atoms with E-state index in [9.17, 15) is 0 Å². The van der Waals surface area contributed by atoms with Crippen LogP contribution in [0.5, 0.6) is 0 Å². The number of furan rings is 1. The van der Waals surface area contributed by atoms with Gasteiger partial charge in [0.2, 0.25) is 0 Å². The molecule has 3 aromatic rings. The molecule has 2 N–H and O–H groups in total. The number of hydrogen-bond donors (Lipinski definition) is 2. The third-order valence-corrected chi connectivity index (χ3v) is 3.01. The lowest BCUT2D eigenvalue weighted by molar-refractivity contribution is 0.509. The second-order valence-corrected chi connectivity index (χ2v) is 4.46. The predicted octanol–water partition coefficient (Wildman–Crippen LogP) is 2.27. The summed E-state index contributed by atoms with van der Waals surface area (Å²) in [5, 5.41) is 11.2. The number of fused-ring (bicyclic) bond motifs is 1. The van der Waals surface area contributed by atoms with Crippen LogP contribution < -0.4 is 5.32 Å². The zero-order valence-corrected chi connectivity index (χ0v) is 10.6. The van der Waals surface area contributed by atoms with E-state index in [4.69, 9.17) is 4.42 Å². The molecule has 0 fully saturated rings. The third-order valence-electron chi connectivity index (χ3n) is 3.01. The van der Waals surface area contributed by atoms with E-state index in [1.165, 1.54) is 6.33 Å². The Kier molecular flexibility index (Phi) is 3.56. The van der Waals surface area contributed by atoms with Crippen LogP contribution in [0.1, 0.15) is 18.0 Å². The number of rotatable bonds is 6. The first-order valence-electron chi connectivity index (χ1n) is 6.44. The van der Waals surface area contributed by atoms with Gasteiger partial charge in [-0.3, -0.25) is 5.10 Å². The fourth-order valence-electron chi connectivity index (χ4n) is 2.07. The molecule has 0 aliphatic rings. The first kappa shape index (κ1) is 11.9. The van der Waals surface area contributed by atoms with Crippen molar-refractivity contribution in [2.24, 2.45) is 0 Å². The van der Waals surface area contributed by atoms with Crippen LogP contribution in [0.15, 0.2) is 41.1 Å². The third kappa shape index (κ3) is 3.00. The molecule has 2 heterocycles. The zero-order valence-electron chi connectivity index (χ0n) is 10.6. The van der Waals surface area contributed by atoms with Crippen LogP contribution in [0.3, 0.4) is 0 Å². The van der Waals surface area contributed by atoms with Gasteiger partial charge in [0.05, 0.1) is 6.54 Å². The van der Waals surface area contributed by atoms with E-state index < -0.39 is 0 Å². The molecule has 98 valence electrons. The molecule has 19 heavy (non-hydrogen) atoms. The summed E-state index contributed by atoms with van der Waals surface area (Å²) in [5.74, 6) is 1.91. The van der Waals surface area contributed by atoms with Crippen molar-refractivity contribution >= 4 is 11.0 Å². The molecular formula is C14H16N4O. The van der Waals surface area contributed by atoms with Crippen molar-refractivity contribution in [1.29, 1.82) is 0 Å². The SMILES string of the molecule is c1ccc2oc(CNCCCc3ncn[nH]3)cc2c1. The molecule has 3 rings (SSSR count). The quantitative estimate of drug-likeness (QED) is 0.664. The highest BCUT2D eigenvalue weighted by Gasteiger charge is 2.02. The molecule has 2 aromatic heterocycles. The number of hydrogen-bond acceptors (Lipinski definition) is 4. The molecule has 0 saturated carbocycles. The fourth-order valence-corrected chi connectivity index (χ4v) is 2.07. The number of aromatic nitrogens is 3. The van der Waals surface area contributed by atoms with Gasteiger partial charge in [-0.15, -0.1) is 0 Å². The van der Waals surface area contributed by atoms with Gasteiger partial charge in [0.15, 0.2) is 0 Å². The molecule has 0 aliphatic heterocycles. The topological polar surface area (TPSA) is 66.7 Å². The molecular weight excluding hydrogens is 240 g/mol. The van der Waals surface area contributed by atoms with Crippen LogP contribution in [-0.2, 0) is 13.0 Å². The highest BCUT2D eigenvalue weighted by atomic mass is 16.3. The Hall–Kier alpha value is -2.14. The minimum absolute atomic E-state index is 0.755. The van der Waals surface area contributed by atoms with Crippen LogP contribution in [0.2, 0.25) is 0 Å². The summed E-state index contributed by atoms with van der Waals surface area (Å²) in [6, 6.07) is 10.1. The Bertz CT molecular complexity index is 597. The maximum absolute atomic E-state index is 5.73. The van der Waals surface area contributed by atoms with Crippen LogP contribution in [0, 0.1) is 0 Å². The lowest BCUT2D eigenvalue weighted by Gasteiger charge is -2.00. The van der Waals surface area contributed by atoms with Gasteiger partial charge >= 0.3 is 0 Å². The van der Waals surface area contributed by atoms with Gasteiger partial charge < -0.3 is 9.73 Å². The van der Waals surface area contributed by atoms with Gasteiger partial charge in [-0.1, -0.05) is 18.2 Å². The number of nitrogens with one attached hydrogen (secondary N) is 2. The monoisotopic (exact) mass is 256 g/mol. The first-order valence-corrected chi connectivity index (χ1v) is 6.44. The van der Waals surface area contributed by atoms with Gasteiger partial charge in [-0.2, -0.15) is 5.10 Å². The highest BCUT2D eigenvalue weighted by Crippen LogP contribution is 2.18. The van der Waals surface area contributed by atoms with E-state index in [-0.39, 0.29) is 0 Å². The Balaban J connectivity index is 1.44. The Morgan fingerprint density at radius 1 is 1.26 bits per heavy atom. The Labute approximate surface area is 111 Å². The first-order chi connectivity index (χ1) is 9.42. The second-order valence-electron chi connectivity index (χ2n) is 4.46. The minimum atomic E-state index is 0.755. The van der Waals surface area contributed by atoms with Crippen LogP contribution in [0.25, 0.3) is 11.0 Å². The number of H-pyrrole nitrogens is 1. The molecule has 1 aromatic carbocycles. The van der Waals surface area contributed by atoms with Gasteiger partial charge in [-0.25, -0.2) is 4.98 Å². The molecule has 5 nitrogen and oxygen atoms in total. The second kappa shape index (κ2) is 5.67. The molecule has 0 amide bonds. The van der Waals surface area contributed by atoms with Crippen molar-refractivity contribution in [3.05, 3.63) is 48.2 Å². The van der Waals surface area contributed by atoms with Crippen LogP contribution in [-0.4, -0.2) is 21.7 Å². The Morgan fingerprint density at radius 2 is 2.21 bits per heavy atom. The van der Waals surface area contributed by atoms with Gasteiger partial charge in [0.1, 0.15) is 23.5 Å². The summed E-state index contributed by atoms with van der Waals surface area (Å²) in [7, 11) is 0. The van der Waals surface area contributed by atoms with E-state index in [0.717, 1.165) is 48.5 Å². The van der Waals surface area contributed by atoms with Crippen molar-refractivity contribution in [3.8, 4) is 0 Å². The standard InChI is InChI=1S/C14H16N4O/c1-2-5-13-11(4-1)8-12(19-13)9-15-7-3-6-14-16-10-17-18-14/h1-2,4-5,8,10,15H,3,6-7,9H2,(H,16,17,18). The zero-order chi connectivity index (χ0) is 12.9. The van der Waals surface area contributed by atoms with E-state index in [1.807, 2.05) is 18.2 Å². The van der Waals surface area contributed by atoms with Crippen molar-refractivity contribution < 1.29 is 4.42 Å². The number of para-hydroxylation sites is 1. The lowest BCUT2D eigenvalue weighted by Crippen LogP contribution is -2.15. The molecule has 0 radical (unpaired) electrons. The lowest BCUT2D eigenvalue weighted by atomic mass is 10.2. The normalized spacial score (nSPS) is 11.2. The summed E-state index contributed by atoms with van der Waals surface area (Å²) in [6.45, 7) is 1.68. The van der Waals surface area contributed by atoms with Crippen LogP contribution in [0.4, 0.5) is 0 Å². The van der Waals surface area contributed by atoms with Crippen molar-refractivity contribution in [3.63, 3.8) is 0 Å². The van der Waals surface area contributed by atoms with Crippen LogP contribution >= 0.6 is 0 Å². The summed E-state index contributed by atoms with van der Waals surface area (Å²) < 4.78 is 5.73. The number of aromatic amines is 1. The summed E-state index contributed by atoms with van der Waals surface area (Å²) in [6.07, 6.45) is 3.47. The van der Waals surface area contributed by atoms with Crippen molar-refractivity contribution in [2.45, 2.75) is 19.4 Å². The van der Waals surface area contributed by atoms with E-state index in [0.29, 0.717) is 0 Å². The predicted molar refractivity (Wildman–Crippen MR) is 72.6 cm³/mol. The molecule has 0 atom stereocenters. The highest BCUT2D eigenvalue weighted by molar-refractivity contribution is 5.77. The number of benzene rings is 1. The molecule has 0 aliphatic carbocycles.